The Kier molecular flexibility index (Phi) is 6.88. The van der Waals surface area contributed by atoms with Crippen molar-refractivity contribution in [3.8, 4) is 0 Å². The SMILES string of the molecule is CN(CCN1CCOCC1)CC1(C)CCNC1.Cl. The number of ether oxygens (including phenoxy) is 1. The van der Waals surface area contributed by atoms with E-state index in [9.17, 15) is 0 Å². The Morgan fingerprint density at radius 2 is 2.06 bits per heavy atom. The fraction of sp³-hybridized carbons (Fsp3) is 1.00. The summed E-state index contributed by atoms with van der Waals surface area (Å²) in [5.41, 5.74) is 0.486. The van der Waals surface area contributed by atoms with Gasteiger partial charge in [0, 0.05) is 39.3 Å². The van der Waals surface area contributed by atoms with E-state index in [4.69, 9.17) is 4.74 Å². The molecule has 1 unspecified atom stereocenters. The molecule has 0 saturated carbocycles. The average molecular weight is 278 g/mol. The fourth-order valence-corrected chi connectivity index (χ4v) is 2.87. The molecule has 2 aliphatic heterocycles. The lowest BCUT2D eigenvalue weighted by molar-refractivity contribution is 0.0330. The van der Waals surface area contributed by atoms with Crippen LogP contribution in [0.15, 0.2) is 0 Å². The van der Waals surface area contributed by atoms with E-state index in [2.05, 4.69) is 29.1 Å². The molecular weight excluding hydrogens is 250 g/mol. The van der Waals surface area contributed by atoms with E-state index >= 15 is 0 Å². The molecule has 1 atom stereocenters. The van der Waals surface area contributed by atoms with Gasteiger partial charge in [-0.05, 0) is 25.4 Å². The van der Waals surface area contributed by atoms with Crippen LogP contribution >= 0.6 is 12.4 Å². The summed E-state index contributed by atoms with van der Waals surface area (Å²) in [5.74, 6) is 0. The largest absolute Gasteiger partial charge is 0.379 e. The number of nitrogens with zero attached hydrogens (tertiary/aromatic N) is 2. The van der Waals surface area contributed by atoms with Crippen LogP contribution in [0.3, 0.4) is 0 Å². The number of halogens is 1. The summed E-state index contributed by atoms with van der Waals surface area (Å²) >= 11 is 0. The van der Waals surface area contributed by atoms with Crippen LogP contribution in [-0.4, -0.2) is 75.9 Å². The van der Waals surface area contributed by atoms with Crippen LogP contribution in [-0.2, 0) is 4.74 Å². The van der Waals surface area contributed by atoms with E-state index in [1.165, 1.54) is 39.1 Å². The second kappa shape index (κ2) is 7.65. The van der Waals surface area contributed by atoms with Crippen LogP contribution in [0.2, 0.25) is 0 Å². The van der Waals surface area contributed by atoms with Crippen molar-refractivity contribution < 1.29 is 4.74 Å². The first-order valence-electron chi connectivity index (χ1n) is 6.87. The molecule has 2 heterocycles. The first-order valence-corrected chi connectivity index (χ1v) is 6.87. The van der Waals surface area contributed by atoms with Gasteiger partial charge in [-0.2, -0.15) is 0 Å². The van der Waals surface area contributed by atoms with Crippen molar-refractivity contribution in [2.24, 2.45) is 5.41 Å². The van der Waals surface area contributed by atoms with E-state index in [1.54, 1.807) is 0 Å². The summed E-state index contributed by atoms with van der Waals surface area (Å²) in [6.45, 7) is 12.4. The molecule has 2 fully saturated rings. The molecule has 2 rings (SSSR count). The Morgan fingerprint density at radius 1 is 1.33 bits per heavy atom. The van der Waals surface area contributed by atoms with Crippen LogP contribution in [0.5, 0.6) is 0 Å². The maximum absolute atomic E-state index is 5.37. The summed E-state index contributed by atoms with van der Waals surface area (Å²) in [4.78, 5) is 5.00. The van der Waals surface area contributed by atoms with Crippen molar-refractivity contribution in [2.75, 3.05) is 66.1 Å². The van der Waals surface area contributed by atoms with Gasteiger partial charge >= 0.3 is 0 Å². The first-order chi connectivity index (χ1) is 8.18. The highest BCUT2D eigenvalue weighted by atomic mass is 35.5. The zero-order valence-electron chi connectivity index (χ0n) is 11.8. The Bertz CT molecular complexity index is 228. The molecule has 0 aromatic carbocycles. The lowest BCUT2D eigenvalue weighted by atomic mass is 9.89. The summed E-state index contributed by atoms with van der Waals surface area (Å²) in [6, 6.07) is 0. The average Bonchev–Trinajstić information content (AvgIpc) is 2.74. The normalized spacial score (nSPS) is 29.5. The van der Waals surface area contributed by atoms with Crippen LogP contribution < -0.4 is 5.32 Å². The number of rotatable bonds is 5. The number of hydrogen-bond donors (Lipinski definition) is 1. The van der Waals surface area contributed by atoms with Gasteiger partial charge in [-0.25, -0.2) is 0 Å². The Morgan fingerprint density at radius 3 is 2.67 bits per heavy atom. The highest BCUT2D eigenvalue weighted by Crippen LogP contribution is 2.24. The summed E-state index contributed by atoms with van der Waals surface area (Å²) < 4.78 is 5.37. The minimum Gasteiger partial charge on any atom is -0.379 e. The molecule has 1 N–H and O–H groups in total. The van der Waals surface area contributed by atoms with Gasteiger partial charge in [0.15, 0.2) is 0 Å². The van der Waals surface area contributed by atoms with E-state index < -0.39 is 0 Å². The van der Waals surface area contributed by atoms with Crippen molar-refractivity contribution in [2.45, 2.75) is 13.3 Å². The van der Waals surface area contributed by atoms with Gasteiger partial charge in [-0.1, -0.05) is 6.92 Å². The van der Waals surface area contributed by atoms with E-state index in [0.717, 1.165) is 26.3 Å². The highest BCUT2D eigenvalue weighted by molar-refractivity contribution is 5.85. The minimum absolute atomic E-state index is 0. The van der Waals surface area contributed by atoms with Crippen LogP contribution in [0, 0.1) is 5.41 Å². The quantitative estimate of drug-likeness (QED) is 0.800. The predicted octanol–water partition coefficient (Wildman–Crippen LogP) is 0.672. The summed E-state index contributed by atoms with van der Waals surface area (Å²) in [6.07, 6.45) is 1.31. The van der Waals surface area contributed by atoms with Gasteiger partial charge < -0.3 is 15.0 Å². The lowest BCUT2D eigenvalue weighted by Crippen LogP contribution is -2.43. The first kappa shape index (κ1) is 16.2. The van der Waals surface area contributed by atoms with Crippen molar-refractivity contribution in [1.29, 1.82) is 0 Å². The van der Waals surface area contributed by atoms with E-state index in [0.29, 0.717) is 5.41 Å². The smallest absolute Gasteiger partial charge is 0.0594 e. The number of hydrogen-bond acceptors (Lipinski definition) is 4. The van der Waals surface area contributed by atoms with Gasteiger partial charge in [0.25, 0.3) is 0 Å². The molecule has 0 aromatic heterocycles. The van der Waals surface area contributed by atoms with Crippen molar-refractivity contribution >= 4 is 12.4 Å². The fourth-order valence-electron chi connectivity index (χ4n) is 2.87. The molecular formula is C13H28ClN3O. The van der Waals surface area contributed by atoms with Gasteiger partial charge in [0.05, 0.1) is 13.2 Å². The monoisotopic (exact) mass is 277 g/mol. The van der Waals surface area contributed by atoms with E-state index in [-0.39, 0.29) is 12.4 Å². The van der Waals surface area contributed by atoms with Crippen LogP contribution in [0.25, 0.3) is 0 Å². The van der Waals surface area contributed by atoms with Gasteiger partial charge in [-0.15, -0.1) is 12.4 Å². The molecule has 0 aromatic rings. The molecule has 5 heteroatoms. The van der Waals surface area contributed by atoms with E-state index in [1.807, 2.05) is 0 Å². The Balaban J connectivity index is 0.00000162. The van der Waals surface area contributed by atoms with Crippen molar-refractivity contribution in [3.05, 3.63) is 0 Å². The molecule has 4 nitrogen and oxygen atoms in total. The molecule has 2 aliphatic rings. The van der Waals surface area contributed by atoms with Crippen molar-refractivity contribution in [1.82, 2.24) is 15.1 Å². The maximum Gasteiger partial charge on any atom is 0.0594 e. The third-order valence-electron chi connectivity index (χ3n) is 4.01. The predicted molar refractivity (Wildman–Crippen MR) is 77.6 cm³/mol. The number of likely N-dealkylation sites (N-methyl/N-ethyl adjacent to an activating group) is 1. The van der Waals surface area contributed by atoms with Crippen molar-refractivity contribution in [3.63, 3.8) is 0 Å². The van der Waals surface area contributed by atoms with Crippen LogP contribution in [0.1, 0.15) is 13.3 Å². The summed E-state index contributed by atoms with van der Waals surface area (Å²) in [5, 5.41) is 3.47. The molecule has 2 saturated heterocycles. The molecule has 0 spiro atoms. The zero-order chi connectivity index (χ0) is 12.1. The van der Waals surface area contributed by atoms with Gasteiger partial charge in [0.1, 0.15) is 0 Å². The number of nitrogens with one attached hydrogen (secondary N) is 1. The second-order valence-electron chi connectivity index (χ2n) is 5.93. The molecule has 0 bridgehead atoms. The second-order valence-corrected chi connectivity index (χ2v) is 5.93. The topological polar surface area (TPSA) is 27.7 Å². The third kappa shape index (κ3) is 5.02. The van der Waals surface area contributed by atoms with Crippen LogP contribution in [0.4, 0.5) is 0 Å². The molecule has 18 heavy (non-hydrogen) atoms. The highest BCUT2D eigenvalue weighted by Gasteiger charge is 2.29. The van der Waals surface area contributed by atoms with Gasteiger partial charge in [0.2, 0.25) is 0 Å². The molecule has 108 valence electrons. The minimum atomic E-state index is 0. The Hall–Kier alpha value is 0.130. The summed E-state index contributed by atoms with van der Waals surface area (Å²) in [7, 11) is 2.25. The molecule has 0 amide bonds. The standard InChI is InChI=1S/C13H27N3O.ClH/c1-13(3-4-14-11-13)12-15(2)5-6-16-7-9-17-10-8-16;/h14H,3-12H2,1-2H3;1H. The maximum atomic E-state index is 5.37. The Labute approximate surface area is 117 Å². The third-order valence-corrected chi connectivity index (χ3v) is 4.01. The van der Waals surface area contributed by atoms with Gasteiger partial charge in [-0.3, -0.25) is 4.90 Å². The molecule has 0 radical (unpaired) electrons. The zero-order valence-corrected chi connectivity index (χ0v) is 12.6. The lowest BCUT2D eigenvalue weighted by Gasteiger charge is -2.32. The number of morpholine rings is 1. The molecule has 0 aliphatic carbocycles.